The maximum absolute atomic E-state index is 12.9. The van der Waals surface area contributed by atoms with E-state index in [2.05, 4.69) is 21.3 Å². The van der Waals surface area contributed by atoms with Gasteiger partial charge in [-0.3, -0.25) is 9.59 Å². The van der Waals surface area contributed by atoms with E-state index in [1.54, 1.807) is 36.6 Å². The van der Waals surface area contributed by atoms with Crippen LogP contribution in [0.15, 0.2) is 41.8 Å². The summed E-state index contributed by atoms with van der Waals surface area (Å²) in [7, 11) is 3.09. The summed E-state index contributed by atoms with van der Waals surface area (Å²) in [6.07, 6.45) is 0. The molecule has 3 rings (SSSR count). The van der Waals surface area contributed by atoms with E-state index in [4.69, 9.17) is 4.74 Å². The van der Waals surface area contributed by atoms with Crippen molar-refractivity contribution in [1.29, 1.82) is 0 Å². The first-order valence-corrected chi connectivity index (χ1v) is 9.73. The first-order valence-electron chi connectivity index (χ1n) is 8.85. The van der Waals surface area contributed by atoms with Crippen molar-refractivity contribution in [2.75, 3.05) is 19.5 Å². The van der Waals surface area contributed by atoms with Crippen LogP contribution in [0.4, 0.5) is 5.69 Å². The molecular formula is C21H23N3O3S. The third kappa shape index (κ3) is 3.94. The SMILES string of the molecule is CNC(=O)c1ccc(OC)c(NC(=O)c2cc(C)n(Cc3cccs3)c2C)c1. The van der Waals surface area contributed by atoms with Crippen LogP contribution in [0.25, 0.3) is 0 Å². The van der Waals surface area contributed by atoms with E-state index in [1.165, 1.54) is 12.0 Å². The van der Waals surface area contributed by atoms with Crippen molar-refractivity contribution in [3.63, 3.8) is 0 Å². The minimum atomic E-state index is -0.238. The van der Waals surface area contributed by atoms with Gasteiger partial charge in [-0.2, -0.15) is 0 Å². The van der Waals surface area contributed by atoms with E-state index in [0.29, 0.717) is 22.6 Å². The minimum Gasteiger partial charge on any atom is -0.495 e. The number of methoxy groups -OCH3 is 1. The van der Waals surface area contributed by atoms with Gasteiger partial charge < -0.3 is 19.9 Å². The van der Waals surface area contributed by atoms with Gasteiger partial charge in [0.2, 0.25) is 0 Å². The molecule has 2 N–H and O–H groups in total. The molecule has 0 fully saturated rings. The summed E-state index contributed by atoms with van der Waals surface area (Å²) in [4.78, 5) is 26.1. The number of aromatic nitrogens is 1. The average molecular weight is 398 g/mol. The van der Waals surface area contributed by atoms with Crippen molar-refractivity contribution >= 4 is 28.8 Å². The van der Waals surface area contributed by atoms with E-state index >= 15 is 0 Å². The van der Waals surface area contributed by atoms with Crippen molar-refractivity contribution < 1.29 is 14.3 Å². The molecule has 0 saturated carbocycles. The summed E-state index contributed by atoms with van der Waals surface area (Å²) < 4.78 is 7.45. The number of amides is 2. The predicted octanol–water partition coefficient (Wildman–Crippen LogP) is 3.84. The lowest BCUT2D eigenvalue weighted by molar-refractivity contribution is 0.0961. The third-order valence-electron chi connectivity index (χ3n) is 4.65. The van der Waals surface area contributed by atoms with E-state index in [0.717, 1.165) is 17.9 Å². The van der Waals surface area contributed by atoms with Crippen LogP contribution in [0.3, 0.4) is 0 Å². The van der Waals surface area contributed by atoms with Crippen LogP contribution < -0.4 is 15.4 Å². The highest BCUT2D eigenvalue weighted by molar-refractivity contribution is 7.09. The smallest absolute Gasteiger partial charge is 0.257 e. The Hall–Kier alpha value is -3.06. The predicted molar refractivity (Wildman–Crippen MR) is 112 cm³/mol. The molecule has 0 radical (unpaired) electrons. The number of nitrogens with zero attached hydrogens (tertiary/aromatic N) is 1. The fourth-order valence-corrected chi connectivity index (χ4v) is 3.81. The number of nitrogens with one attached hydrogen (secondary N) is 2. The van der Waals surface area contributed by atoms with Gasteiger partial charge in [0.05, 0.1) is 24.9 Å². The van der Waals surface area contributed by atoms with Gasteiger partial charge in [0.1, 0.15) is 5.75 Å². The van der Waals surface area contributed by atoms with Crippen LogP contribution in [0, 0.1) is 13.8 Å². The van der Waals surface area contributed by atoms with Crippen LogP contribution in [-0.2, 0) is 6.54 Å². The average Bonchev–Trinajstić information content (AvgIpc) is 3.31. The van der Waals surface area contributed by atoms with Gasteiger partial charge in [0.15, 0.2) is 0 Å². The number of aryl methyl sites for hydroxylation is 1. The Morgan fingerprint density at radius 1 is 1.14 bits per heavy atom. The number of ether oxygens (including phenoxy) is 1. The Labute approximate surface area is 168 Å². The van der Waals surface area contributed by atoms with Gasteiger partial charge in [0, 0.05) is 28.9 Å². The zero-order valence-electron chi connectivity index (χ0n) is 16.3. The standard InChI is InChI=1S/C21H23N3O3S/c1-13-10-17(14(2)24(13)12-16-6-5-9-28-16)21(26)23-18-11-15(20(25)22-3)7-8-19(18)27-4/h5-11H,12H2,1-4H3,(H,22,25)(H,23,26). The molecule has 7 heteroatoms. The van der Waals surface area contributed by atoms with Crippen LogP contribution in [0.5, 0.6) is 5.75 Å². The fourth-order valence-electron chi connectivity index (χ4n) is 3.11. The number of rotatable bonds is 6. The van der Waals surface area contributed by atoms with Crippen molar-refractivity contribution in [3.05, 3.63) is 69.2 Å². The molecule has 3 aromatic rings. The first kappa shape index (κ1) is 19.7. The molecule has 2 heterocycles. The van der Waals surface area contributed by atoms with Crippen LogP contribution in [0.2, 0.25) is 0 Å². The summed E-state index contributed by atoms with van der Waals surface area (Å²) in [6.45, 7) is 4.66. The largest absolute Gasteiger partial charge is 0.495 e. The van der Waals surface area contributed by atoms with Gasteiger partial charge in [-0.05, 0) is 49.6 Å². The van der Waals surface area contributed by atoms with Gasteiger partial charge in [-0.15, -0.1) is 11.3 Å². The molecule has 0 saturated heterocycles. The number of carbonyl (C=O) groups is 2. The van der Waals surface area contributed by atoms with Gasteiger partial charge in [-0.1, -0.05) is 6.07 Å². The lowest BCUT2D eigenvalue weighted by Gasteiger charge is -2.12. The van der Waals surface area contributed by atoms with Gasteiger partial charge in [-0.25, -0.2) is 0 Å². The minimum absolute atomic E-state index is 0.229. The monoisotopic (exact) mass is 397 g/mol. The molecule has 0 aliphatic carbocycles. The lowest BCUT2D eigenvalue weighted by Crippen LogP contribution is -2.19. The molecule has 146 valence electrons. The highest BCUT2D eigenvalue weighted by Gasteiger charge is 2.18. The number of anilines is 1. The van der Waals surface area contributed by atoms with Gasteiger partial charge in [0.25, 0.3) is 11.8 Å². The summed E-state index contributed by atoms with van der Waals surface area (Å²) in [5.41, 5.74) is 3.41. The van der Waals surface area contributed by atoms with E-state index in [9.17, 15) is 9.59 Å². The van der Waals surface area contributed by atoms with Crippen molar-refractivity contribution in [2.24, 2.45) is 0 Å². The second kappa shape index (κ2) is 8.31. The van der Waals surface area contributed by atoms with Crippen molar-refractivity contribution in [3.8, 4) is 5.75 Å². The molecule has 0 bridgehead atoms. The Kier molecular flexibility index (Phi) is 5.84. The molecule has 0 spiro atoms. The summed E-state index contributed by atoms with van der Waals surface area (Å²) in [5, 5.41) is 7.50. The van der Waals surface area contributed by atoms with Crippen molar-refractivity contribution in [1.82, 2.24) is 9.88 Å². The summed E-state index contributed by atoms with van der Waals surface area (Å²) in [6, 6.07) is 10.9. The quantitative estimate of drug-likeness (QED) is 0.664. The Bertz CT molecular complexity index is 1010. The second-order valence-electron chi connectivity index (χ2n) is 6.40. The topological polar surface area (TPSA) is 72.4 Å². The molecule has 2 aromatic heterocycles. The summed E-state index contributed by atoms with van der Waals surface area (Å²) >= 11 is 1.69. The van der Waals surface area contributed by atoms with Crippen LogP contribution in [0.1, 0.15) is 37.0 Å². The van der Waals surface area contributed by atoms with E-state index < -0.39 is 0 Å². The number of benzene rings is 1. The normalized spacial score (nSPS) is 10.6. The lowest BCUT2D eigenvalue weighted by atomic mass is 10.1. The number of hydrogen-bond acceptors (Lipinski definition) is 4. The highest BCUT2D eigenvalue weighted by Crippen LogP contribution is 2.27. The Morgan fingerprint density at radius 3 is 2.57 bits per heavy atom. The molecule has 0 unspecified atom stereocenters. The number of hydrogen-bond donors (Lipinski definition) is 2. The molecule has 6 nitrogen and oxygen atoms in total. The molecule has 0 aliphatic rings. The zero-order chi connectivity index (χ0) is 20.3. The number of thiophene rings is 1. The second-order valence-corrected chi connectivity index (χ2v) is 7.43. The van der Waals surface area contributed by atoms with E-state index in [-0.39, 0.29) is 11.8 Å². The van der Waals surface area contributed by atoms with Crippen LogP contribution >= 0.6 is 11.3 Å². The molecule has 0 aliphatic heterocycles. The van der Waals surface area contributed by atoms with Crippen molar-refractivity contribution in [2.45, 2.75) is 20.4 Å². The molecule has 28 heavy (non-hydrogen) atoms. The first-order chi connectivity index (χ1) is 13.4. The molecule has 1 aromatic carbocycles. The van der Waals surface area contributed by atoms with E-state index in [1.807, 2.05) is 31.4 Å². The maximum atomic E-state index is 12.9. The zero-order valence-corrected chi connectivity index (χ0v) is 17.1. The Balaban J connectivity index is 1.88. The Morgan fingerprint density at radius 2 is 1.93 bits per heavy atom. The summed E-state index contributed by atoms with van der Waals surface area (Å²) in [5.74, 6) is 0.0264. The fraction of sp³-hybridized carbons (Fsp3) is 0.238. The maximum Gasteiger partial charge on any atom is 0.257 e. The molecular weight excluding hydrogens is 374 g/mol. The third-order valence-corrected chi connectivity index (χ3v) is 5.51. The molecule has 0 atom stereocenters. The van der Waals surface area contributed by atoms with Gasteiger partial charge >= 0.3 is 0 Å². The van der Waals surface area contributed by atoms with Crippen LogP contribution in [-0.4, -0.2) is 30.5 Å². The number of carbonyl (C=O) groups excluding carboxylic acids is 2. The molecule has 2 amide bonds. The highest BCUT2D eigenvalue weighted by atomic mass is 32.1.